The van der Waals surface area contributed by atoms with E-state index in [1.54, 1.807) is 42.5 Å². The van der Waals surface area contributed by atoms with Gasteiger partial charge in [-0.15, -0.1) is 0 Å². The second-order valence-corrected chi connectivity index (χ2v) is 6.85. The number of carbonyl (C=O) groups is 1. The number of carbonyl (C=O) groups excluding carboxylic acids is 1. The van der Waals surface area contributed by atoms with Crippen LogP contribution >= 0.6 is 0 Å². The zero-order valence-corrected chi connectivity index (χ0v) is 14.1. The Bertz CT molecular complexity index is 876. The topological polar surface area (TPSA) is 110 Å². The lowest BCUT2D eigenvalue weighted by molar-refractivity contribution is -0.115. The first-order valence-corrected chi connectivity index (χ1v) is 8.89. The molecule has 7 nitrogen and oxygen atoms in total. The molecule has 2 aromatic carbocycles. The lowest BCUT2D eigenvalue weighted by Crippen LogP contribution is -2.34. The van der Waals surface area contributed by atoms with E-state index < -0.39 is 15.9 Å². The van der Waals surface area contributed by atoms with Crippen molar-refractivity contribution in [2.45, 2.75) is 11.3 Å². The minimum atomic E-state index is -4.03. The number of benzene rings is 2. The van der Waals surface area contributed by atoms with Gasteiger partial charge in [0.2, 0.25) is 5.91 Å². The van der Waals surface area contributed by atoms with Crippen LogP contribution in [0, 0.1) is 11.3 Å². The Balaban J connectivity index is 2.47. The van der Waals surface area contributed by atoms with Crippen LogP contribution in [-0.4, -0.2) is 32.6 Å². The van der Waals surface area contributed by atoms with Crippen LogP contribution in [0.3, 0.4) is 0 Å². The van der Waals surface area contributed by atoms with Crippen molar-refractivity contribution in [3.8, 4) is 6.07 Å². The molecule has 0 saturated carbocycles. The van der Waals surface area contributed by atoms with E-state index in [0.29, 0.717) is 5.69 Å². The third kappa shape index (κ3) is 4.35. The Hall–Kier alpha value is -2.89. The molecule has 1 amide bonds. The van der Waals surface area contributed by atoms with Gasteiger partial charge in [-0.25, -0.2) is 8.42 Å². The molecule has 2 aromatic rings. The SMILES string of the molecule is N#CCC(=O)Nc1ccccc1S(=O)(=O)N(CCO)c1ccccc1. The molecule has 2 rings (SSSR count). The average molecular weight is 359 g/mol. The second kappa shape index (κ2) is 8.28. The molecular weight excluding hydrogens is 342 g/mol. The van der Waals surface area contributed by atoms with Gasteiger partial charge in [-0.2, -0.15) is 5.26 Å². The third-order valence-electron chi connectivity index (χ3n) is 3.32. The summed E-state index contributed by atoms with van der Waals surface area (Å²) in [6.07, 6.45) is -0.382. The molecule has 0 saturated heterocycles. The van der Waals surface area contributed by atoms with Gasteiger partial charge in [0.25, 0.3) is 10.0 Å². The van der Waals surface area contributed by atoms with Gasteiger partial charge in [-0.3, -0.25) is 9.10 Å². The molecule has 0 aromatic heterocycles. The quantitative estimate of drug-likeness (QED) is 0.782. The Morgan fingerprint density at radius 3 is 2.40 bits per heavy atom. The van der Waals surface area contributed by atoms with E-state index in [-0.39, 0.29) is 30.2 Å². The molecule has 0 fully saturated rings. The van der Waals surface area contributed by atoms with Crippen molar-refractivity contribution in [1.29, 1.82) is 5.26 Å². The largest absolute Gasteiger partial charge is 0.394 e. The van der Waals surface area contributed by atoms with Crippen molar-refractivity contribution < 1.29 is 18.3 Å². The second-order valence-electron chi connectivity index (χ2n) is 5.02. The number of sulfonamides is 1. The molecule has 0 spiro atoms. The number of para-hydroxylation sites is 2. The standard InChI is InChI=1S/C17H17N3O4S/c18-11-10-17(22)19-15-8-4-5-9-16(15)25(23,24)20(12-13-21)14-6-2-1-3-7-14/h1-9,21H,10,12-13H2,(H,19,22). The number of nitrogens with one attached hydrogen (secondary N) is 1. The Kier molecular flexibility index (Phi) is 6.11. The van der Waals surface area contributed by atoms with Crippen molar-refractivity contribution in [1.82, 2.24) is 0 Å². The predicted octanol–water partition coefficient (Wildman–Crippen LogP) is 1.73. The van der Waals surface area contributed by atoms with Gasteiger partial charge in [0.1, 0.15) is 11.3 Å². The highest BCUT2D eigenvalue weighted by Gasteiger charge is 2.27. The molecule has 25 heavy (non-hydrogen) atoms. The highest BCUT2D eigenvalue weighted by atomic mass is 32.2. The molecule has 0 aliphatic rings. The number of aliphatic hydroxyl groups is 1. The Morgan fingerprint density at radius 2 is 1.76 bits per heavy atom. The first-order chi connectivity index (χ1) is 12.0. The van der Waals surface area contributed by atoms with Gasteiger partial charge in [0, 0.05) is 0 Å². The number of hydrogen-bond acceptors (Lipinski definition) is 5. The monoisotopic (exact) mass is 359 g/mol. The number of aliphatic hydroxyl groups excluding tert-OH is 1. The summed E-state index contributed by atoms with van der Waals surface area (Å²) in [6, 6.07) is 16.0. The lowest BCUT2D eigenvalue weighted by atomic mass is 10.3. The molecule has 0 atom stereocenters. The van der Waals surface area contributed by atoms with Crippen molar-refractivity contribution in [3.05, 3.63) is 54.6 Å². The van der Waals surface area contributed by atoms with E-state index in [1.807, 2.05) is 0 Å². The summed E-state index contributed by atoms with van der Waals surface area (Å²) in [5, 5.41) is 20.3. The minimum Gasteiger partial charge on any atom is -0.394 e. The fourth-order valence-corrected chi connectivity index (χ4v) is 3.86. The van der Waals surface area contributed by atoms with Crippen LogP contribution in [0.4, 0.5) is 11.4 Å². The van der Waals surface area contributed by atoms with Gasteiger partial charge in [0.15, 0.2) is 0 Å². The fourth-order valence-electron chi connectivity index (χ4n) is 2.25. The van der Waals surface area contributed by atoms with Crippen molar-refractivity contribution in [2.24, 2.45) is 0 Å². The first kappa shape index (κ1) is 18.4. The van der Waals surface area contributed by atoms with Gasteiger partial charge < -0.3 is 10.4 Å². The average Bonchev–Trinajstić information content (AvgIpc) is 2.61. The smallest absolute Gasteiger partial charge is 0.266 e. The first-order valence-electron chi connectivity index (χ1n) is 7.45. The number of hydrogen-bond donors (Lipinski definition) is 2. The van der Waals surface area contributed by atoms with Crippen LogP contribution in [0.15, 0.2) is 59.5 Å². The molecule has 0 unspecified atom stereocenters. The molecule has 2 N–H and O–H groups in total. The van der Waals surface area contributed by atoms with Crippen LogP contribution in [-0.2, 0) is 14.8 Å². The molecule has 130 valence electrons. The predicted molar refractivity (Wildman–Crippen MR) is 93.4 cm³/mol. The summed E-state index contributed by atoms with van der Waals surface area (Å²) in [4.78, 5) is 11.6. The molecule has 0 heterocycles. The maximum absolute atomic E-state index is 13.1. The molecular formula is C17H17N3O4S. The molecule has 0 aliphatic heterocycles. The Morgan fingerprint density at radius 1 is 1.12 bits per heavy atom. The van der Waals surface area contributed by atoms with Crippen LogP contribution in [0.1, 0.15) is 6.42 Å². The van der Waals surface area contributed by atoms with E-state index in [9.17, 15) is 18.3 Å². The fraction of sp³-hybridized carbons (Fsp3) is 0.176. The van der Waals surface area contributed by atoms with Crippen LogP contribution in [0.25, 0.3) is 0 Å². The van der Waals surface area contributed by atoms with Crippen molar-refractivity contribution in [2.75, 3.05) is 22.8 Å². The zero-order chi connectivity index (χ0) is 18.3. The van der Waals surface area contributed by atoms with Gasteiger partial charge >= 0.3 is 0 Å². The molecule has 0 bridgehead atoms. The summed E-state index contributed by atoms with van der Waals surface area (Å²) < 4.78 is 27.2. The van der Waals surface area contributed by atoms with E-state index in [2.05, 4.69) is 5.32 Å². The number of amides is 1. The highest BCUT2D eigenvalue weighted by Crippen LogP contribution is 2.28. The molecule has 8 heteroatoms. The minimum absolute atomic E-state index is 0.0848. The zero-order valence-electron chi connectivity index (χ0n) is 13.3. The summed E-state index contributed by atoms with van der Waals surface area (Å²) >= 11 is 0. The molecule has 0 aliphatic carbocycles. The van der Waals surface area contributed by atoms with E-state index in [1.165, 1.54) is 18.2 Å². The third-order valence-corrected chi connectivity index (χ3v) is 5.20. The van der Waals surface area contributed by atoms with Crippen molar-refractivity contribution in [3.63, 3.8) is 0 Å². The van der Waals surface area contributed by atoms with Crippen LogP contribution in [0.5, 0.6) is 0 Å². The summed E-state index contributed by atoms with van der Waals surface area (Å²) in [6.45, 7) is -0.496. The Labute approximate surface area is 146 Å². The number of nitrogens with zero attached hydrogens (tertiary/aromatic N) is 2. The number of nitriles is 1. The summed E-state index contributed by atoms with van der Waals surface area (Å²) in [5.41, 5.74) is 0.483. The number of rotatable bonds is 7. The summed E-state index contributed by atoms with van der Waals surface area (Å²) in [5.74, 6) is -0.599. The highest BCUT2D eigenvalue weighted by molar-refractivity contribution is 7.93. The van der Waals surface area contributed by atoms with Crippen LogP contribution in [0.2, 0.25) is 0 Å². The van der Waals surface area contributed by atoms with E-state index in [4.69, 9.17) is 5.26 Å². The van der Waals surface area contributed by atoms with Crippen LogP contribution < -0.4 is 9.62 Å². The van der Waals surface area contributed by atoms with Gasteiger partial charge in [-0.1, -0.05) is 30.3 Å². The molecule has 0 radical (unpaired) electrons. The van der Waals surface area contributed by atoms with Crippen molar-refractivity contribution >= 4 is 27.3 Å². The maximum Gasteiger partial charge on any atom is 0.266 e. The van der Waals surface area contributed by atoms with Gasteiger partial charge in [-0.05, 0) is 24.3 Å². The van der Waals surface area contributed by atoms with E-state index in [0.717, 1.165) is 4.31 Å². The lowest BCUT2D eigenvalue weighted by Gasteiger charge is -2.24. The van der Waals surface area contributed by atoms with Gasteiger partial charge in [0.05, 0.1) is 30.6 Å². The van der Waals surface area contributed by atoms with E-state index >= 15 is 0 Å². The summed E-state index contributed by atoms with van der Waals surface area (Å²) in [7, 11) is -4.03. The normalized spacial score (nSPS) is 10.7. The number of anilines is 2. The maximum atomic E-state index is 13.1.